The second-order valence-corrected chi connectivity index (χ2v) is 3.79. The molecule has 0 atom stereocenters. The van der Waals surface area contributed by atoms with Gasteiger partial charge in [0.1, 0.15) is 17.8 Å². The first-order chi connectivity index (χ1) is 9.58. The number of nitrogens with one attached hydrogen (secondary N) is 1. The number of furan rings is 1. The molecule has 2 rings (SSSR count). The van der Waals surface area contributed by atoms with Crippen molar-refractivity contribution in [2.45, 2.75) is 13.2 Å². The quantitative estimate of drug-likeness (QED) is 0.919. The van der Waals surface area contributed by atoms with Crippen molar-refractivity contribution in [3.63, 3.8) is 0 Å². The van der Waals surface area contributed by atoms with Gasteiger partial charge in [-0.3, -0.25) is 4.79 Å². The zero-order valence-electron chi connectivity index (χ0n) is 10.1. The van der Waals surface area contributed by atoms with Gasteiger partial charge in [-0.15, -0.1) is 0 Å². The van der Waals surface area contributed by atoms with Gasteiger partial charge in [0.2, 0.25) is 0 Å². The average molecular weight is 285 g/mol. The standard InChI is InChI=1S/C13H10F3NO3/c14-10-2-1-3-11(20-13(15)16)9(10)6-17-12(18)8-4-5-19-7-8/h1-5,7,13H,6H2,(H,17,18). The van der Waals surface area contributed by atoms with Crippen LogP contribution in [0.25, 0.3) is 0 Å². The zero-order chi connectivity index (χ0) is 14.5. The summed E-state index contributed by atoms with van der Waals surface area (Å²) in [6.45, 7) is -3.35. The molecule has 20 heavy (non-hydrogen) atoms. The maximum Gasteiger partial charge on any atom is 0.387 e. The van der Waals surface area contributed by atoms with E-state index in [9.17, 15) is 18.0 Å². The second kappa shape index (κ2) is 6.14. The Balaban J connectivity index is 2.10. The summed E-state index contributed by atoms with van der Waals surface area (Å²) in [5.74, 6) is -1.56. The molecule has 106 valence electrons. The Kier molecular flexibility index (Phi) is 4.29. The molecular weight excluding hydrogens is 275 g/mol. The average Bonchev–Trinajstić information content (AvgIpc) is 2.91. The normalized spacial score (nSPS) is 10.6. The van der Waals surface area contributed by atoms with Gasteiger partial charge in [0.25, 0.3) is 5.91 Å². The molecule has 0 unspecified atom stereocenters. The van der Waals surface area contributed by atoms with Crippen molar-refractivity contribution in [2.24, 2.45) is 0 Å². The molecule has 7 heteroatoms. The summed E-state index contributed by atoms with van der Waals surface area (Å²) in [6.07, 6.45) is 2.52. The fraction of sp³-hybridized carbons (Fsp3) is 0.154. The van der Waals surface area contributed by atoms with Crippen molar-refractivity contribution in [1.82, 2.24) is 5.32 Å². The molecule has 0 spiro atoms. The molecule has 0 aliphatic carbocycles. The molecule has 0 aliphatic heterocycles. The highest BCUT2D eigenvalue weighted by molar-refractivity contribution is 5.93. The Labute approximate surface area is 112 Å². The van der Waals surface area contributed by atoms with Crippen LogP contribution < -0.4 is 10.1 Å². The Morgan fingerprint density at radius 1 is 1.35 bits per heavy atom. The van der Waals surface area contributed by atoms with Gasteiger partial charge >= 0.3 is 6.61 Å². The van der Waals surface area contributed by atoms with E-state index in [1.165, 1.54) is 30.7 Å². The van der Waals surface area contributed by atoms with E-state index in [1.54, 1.807) is 0 Å². The Bertz CT molecular complexity index is 585. The van der Waals surface area contributed by atoms with Crippen LogP contribution in [0.15, 0.2) is 41.2 Å². The first-order valence-corrected chi connectivity index (χ1v) is 5.60. The van der Waals surface area contributed by atoms with Crippen LogP contribution in [0, 0.1) is 5.82 Å². The number of ether oxygens (including phenoxy) is 1. The van der Waals surface area contributed by atoms with Crippen LogP contribution in [0.2, 0.25) is 0 Å². The van der Waals surface area contributed by atoms with E-state index in [0.29, 0.717) is 0 Å². The van der Waals surface area contributed by atoms with E-state index in [1.807, 2.05) is 0 Å². The first kappa shape index (κ1) is 14.0. The Morgan fingerprint density at radius 2 is 2.15 bits per heavy atom. The minimum atomic E-state index is -3.07. The van der Waals surface area contributed by atoms with Gasteiger partial charge in [-0.25, -0.2) is 4.39 Å². The third kappa shape index (κ3) is 3.31. The van der Waals surface area contributed by atoms with Gasteiger partial charge in [-0.1, -0.05) is 6.07 Å². The first-order valence-electron chi connectivity index (χ1n) is 5.60. The second-order valence-electron chi connectivity index (χ2n) is 3.79. The fourth-order valence-corrected chi connectivity index (χ4v) is 1.58. The number of rotatable bonds is 5. The topological polar surface area (TPSA) is 51.5 Å². The predicted octanol–water partition coefficient (Wildman–Crippen LogP) is 2.95. The maximum atomic E-state index is 13.6. The third-order valence-electron chi connectivity index (χ3n) is 2.50. The molecule has 0 radical (unpaired) electrons. The van der Waals surface area contributed by atoms with Gasteiger partial charge in [-0.05, 0) is 18.2 Å². The number of hydrogen-bond acceptors (Lipinski definition) is 3. The van der Waals surface area contributed by atoms with Crippen molar-refractivity contribution in [2.75, 3.05) is 0 Å². The van der Waals surface area contributed by atoms with Crippen LogP contribution in [-0.4, -0.2) is 12.5 Å². The number of carbonyl (C=O) groups excluding carboxylic acids is 1. The molecule has 2 aromatic rings. The summed E-state index contributed by atoms with van der Waals surface area (Å²) < 4.78 is 47.0. The van der Waals surface area contributed by atoms with Crippen LogP contribution in [0.5, 0.6) is 5.75 Å². The summed E-state index contributed by atoms with van der Waals surface area (Å²) in [4.78, 5) is 11.6. The number of halogens is 3. The summed E-state index contributed by atoms with van der Waals surface area (Å²) in [6, 6.07) is 4.97. The Hall–Kier alpha value is -2.44. The van der Waals surface area contributed by atoms with Crippen LogP contribution >= 0.6 is 0 Å². The Morgan fingerprint density at radius 3 is 2.80 bits per heavy atom. The molecule has 1 amide bonds. The lowest BCUT2D eigenvalue weighted by molar-refractivity contribution is -0.0506. The molecule has 4 nitrogen and oxygen atoms in total. The molecule has 0 bridgehead atoms. The van der Waals surface area contributed by atoms with Gasteiger partial charge in [0, 0.05) is 12.1 Å². The molecule has 1 N–H and O–H groups in total. The van der Waals surface area contributed by atoms with Crippen molar-refractivity contribution in [3.8, 4) is 5.75 Å². The van der Waals surface area contributed by atoms with Crippen molar-refractivity contribution >= 4 is 5.91 Å². The summed E-state index contributed by atoms with van der Waals surface area (Å²) in [7, 11) is 0. The maximum absolute atomic E-state index is 13.6. The lowest BCUT2D eigenvalue weighted by Gasteiger charge is -2.12. The van der Waals surface area contributed by atoms with E-state index >= 15 is 0 Å². The molecule has 1 heterocycles. The van der Waals surface area contributed by atoms with E-state index in [0.717, 1.165) is 6.07 Å². The highest BCUT2D eigenvalue weighted by Crippen LogP contribution is 2.23. The van der Waals surface area contributed by atoms with Crippen molar-refractivity contribution in [1.29, 1.82) is 0 Å². The monoisotopic (exact) mass is 285 g/mol. The minimum Gasteiger partial charge on any atom is -0.472 e. The number of carbonyl (C=O) groups is 1. The highest BCUT2D eigenvalue weighted by Gasteiger charge is 2.15. The van der Waals surface area contributed by atoms with Gasteiger partial charge < -0.3 is 14.5 Å². The molecule has 0 saturated heterocycles. The van der Waals surface area contributed by atoms with E-state index < -0.39 is 18.3 Å². The lowest BCUT2D eigenvalue weighted by Crippen LogP contribution is -2.23. The van der Waals surface area contributed by atoms with Gasteiger partial charge in [0.05, 0.1) is 11.8 Å². The number of alkyl halides is 2. The van der Waals surface area contributed by atoms with Crippen LogP contribution in [-0.2, 0) is 6.54 Å². The largest absolute Gasteiger partial charge is 0.472 e. The predicted molar refractivity (Wildman–Crippen MR) is 62.9 cm³/mol. The van der Waals surface area contributed by atoms with Gasteiger partial charge in [0.15, 0.2) is 0 Å². The molecule has 0 aliphatic rings. The van der Waals surface area contributed by atoms with E-state index in [2.05, 4.69) is 10.1 Å². The van der Waals surface area contributed by atoms with E-state index in [4.69, 9.17) is 4.42 Å². The third-order valence-corrected chi connectivity index (χ3v) is 2.50. The van der Waals surface area contributed by atoms with Crippen LogP contribution in [0.3, 0.4) is 0 Å². The van der Waals surface area contributed by atoms with Crippen molar-refractivity contribution < 1.29 is 27.1 Å². The smallest absolute Gasteiger partial charge is 0.387 e. The SMILES string of the molecule is O=C(NCc1c(F)cccc1OC(F)F)c1ccoc1. The van der Waals surface area contributed by atoms with E-state index in [-0.39, 0.29) is 23.4 Å². The summed E-state index contributed by atoms with van der Waals surface area (Å²) in [5.41, 5.74) is 0.0994. The molecule has 0 saturated carbocycles. The number of benzene rings is 1. The van der Waals surface area contributed by atoms with Crippen LogP contribution in [0.4, 0.5) is 13.2 Å². The fourth-order valence-electron chi connectivity index (χ4n) is 1.58. The number of amides is 1. The molecule has 0 fully saturated rings. The molecular formula is C13H10F3NO3. The van der Waals surface area contributed by atoms with Crippen LogP contribution in [0.1, 0.15) is 15.9 Å². The summed E-state index contributed by atoms with van der Waals surface area (Å²) in [5, 5.41) is 2.39. The number of hydrogen-bond donors (Lipinski definition) is 1. The summed E-state index contributed by atoms with van der Waals surface area (Å²) >= 11 is 0. The highest BCUT2D eigenvalue weighted by atomic mass is 19.3. The van der Waals surface area contributed by atoms with Crippen molar-refractivity contribution in [3.05, 3.63) is 53.7 Å². The zero-order valence-corrected chi connectivity index (χ0v) is 10.1. The van der Waals surface area contributed by atoms with Gasteiger partial charge in [-0.2, -0.15) is 8.78 Å². The minimum absolute atomic E-state index is 0.148. The molecule has 1 aromatic heterocycles. The molecule has 1 aromatic carbocycles. The lowest BCUT2D eigenvalue weighted by atomic mass is 10.2.